The number of hydrogen-bond donors (Lipinski definition) is 1. The van der Waals surface area contributed by atoms with Gasteiger partial charge in [0, 0.05) is 16.6 Å². The zero-order valence-electron chi connectivity index (χ0n) is 10.9. The first kappa shape index (κ1) is 13.1. The van der Waals surface area contributed by atoms with E-state index in [1.807, 2.05) is 17.8 Å². The van der Waals surface area contributed by atoms with Crippen LogP contribution in [0, 0.1) is 0 Å². The largest absolute Gasteiger partial charge is 0.492 e. The Kier molecular flexibility index (Phi) is 3.65. The quantitative estimate of drug-likeness (QED) is 0.939. The van der Waals surface area contributed by atoms with Gasteiger partial charge in [0.05, 0.1) is 12.2 Å². The van der Waals surface area contributed by atoms with E-state index in [0.717, 1.165) is 5.75 Å². The Morgan fingerprint density at radius 3 is 2.80 bits per heavy atom. The Hall–Kier alpha value is -1.94. The molecule has 4 heteroatoms. The predicted molar refractivity (Wildman–Crippen MR) is 80.4 cm³/mol. The van der Waals surface area contributed by atoms with Crippen molar-refractivity contribution in [2.45, 2.75) is 10.8 Å². The Bertz CT molecular complexity index is 642. The molecule has 102 valence electrons. The fraction of sp³-hybridized carbons (Fsp3) is 0.188. The molecule has 0 saturated heterocycles. The fourth-order valence-electron chi connectivity index (χ4n) is 2.35. The first-order valence-electron chi connectivity index (χ1n) is 6.49. The number of fused-ring (bicyclic) bond motifs is 1. The lowest BCUT2D eigenvalue weighted by atomic mass is 10.0. The molecule has 1 atom stereocenters. The Morgan fingerprint density at radius 1 is 1.20 bits per heavy atom. The molecule has 0 spiro atoms. The number of nitrogens with two attached hydrogens (primary N) is 1. The van der Waals surface area contributed by atoms with Crippen LogP contribution in [0.4, 0.5) is 0 Å². The minimum Gasteiger partial charge on any atom is -0.492 e. The van der Waals surface area contributed by atoms with Crippen molar-refractivity contribution < 1.29 is 9.53 Å². The maximum atomic E-state index is 11.4. The van der Waals surface area contributed by atoms with Crippen LogP contribution >= 0.6 is 11.8 Å². The monoisotopic (exact) mass is 285 g/mol. The lowest BCUT2D eigenvalue weighted by Gasteiger charge is -2.14. The van der Waals surface area contributed by atoms with Crippen molar-refractivity contribution in [2.75, 3.05) is 12.4 Å². The van der Waals surface area contributed by atoms with Crippen molar-refractivity contribution in [3.05, 3.63) is 59.7 Å². The average Bonchev–Trinajstić information content (AvgIpc) is 2.88. The molecule has 0 aromatic heterocycles. The Morgan fingerprint density at radius 2 is 1.95 bits per heavy atom. The van der Waals surface area contributed by atoms with Crippen LogP contribution in [0.15, 0.2) is 53.4 Å². The molecule has 2 aromatic rings. The summed E-state index contributed by atoms with van der Waals surface area (Å²) in [6, 6.07) is 15.5. The predicted octanol–water partition coefficient (Wildman–Crippen LogP) is 3.05. The summed E-state index contributed by atoms with van der Waals surface area (Å²) in [5.41, 5.74) is 7.12. The second-order valence-corrected chi connectivity index (χ2v) is 5.78. The van der Waals surface area contributed by atoms with Gasteiger partial charge in [-0.15, -0.1) is 11.8 Å². The third kappa shape index (κ3) is 2.51. The molecule has 2 aromatic carbocycles. The molecule has 3 nitrogen and oxygen atoms in total. The minimum absolute atomic E-state index is 0.358. The second-order valence-electron chi connectivity index (χ2n) is 4.72. The van der Waals surface area contributed by atoms with Gasteiger partial charge >= 0.3 is 0 Å². The summed E-state index contributed by atoms with van der Waals surface area (Å²) < 4.78 is 5.83. The molecular weight excluding hydrogens is 270 g/mol. The highest BCUT2D eigenvalue weighted by atomic mass is 32.2. The Labute approximate surface area is 122 Å². The van der Waals surface area contributed by atoms with Gasteiger partial charge in [0.1, 0.15) is 5.75 Å². The third-order valence-corrected chi connectivity index (χ3v) is 4.64. The first-order valence-corrected chi connectivity index (χ1v) is 7.47. The summed E-state index contributed by atoms with van der Waals surface area (Å²) in [5, 5.41) is 0. The highest BCUT2D eigenvalue weighted by Gasteiger charge is 2.23. The van der Waals surface area contributed by atoms with Gasteiger partial charge in [-0.25, -0.2) is 0 Å². The maximum Gasteiger partial charge on any atom is 0.252 e. The van der Waals surface area contributed by atoms with Crippen molar-refractivity contribution >= 4 is 17.7 Å². The number of para-hydroxylation sites is 1. The van der Waals surface area contributed by atoms with E-state index in [9.17, 15) is 4.79 Å². The number of ether oxygens (including phenoxy) is 1. The zero-order valence-corrected chi connectivity index (χ0v) is 11.7. The number of carbonyl (C=O) groups excluding carboxylic acids is 1. The smallest absolute Gasteiger partial charge is 0.252 e. The van der Waals surface area contributed by atoms with E-state index < -0.39 is 5.91 Å². The van der Waals surface area contributed by atoms with Crippen molar-refractivity contribution in [1.82, 2.24) is 0 Å². The van der Waals surface area contributed by atoms with Crippen molar-refractivity contribution in [3.8, 4) is 5.75 Å². The number of benzene rings is 2. The molecule has 0 bridgehead atoms. The topological polar surface area (TPSA) is 52.3 Å². The van der Waals surface area contributed by atoms with E-state index in [1.54, 1.807) is 18.2 Å². The van der Waals surface area contributed by atoms with Crippen LogP contribution in [0.5, 0.6) is 5.75 Å². The molecule has 2 N–H and O–H groups in total. The summed E-state index contributed by atoms with van der Waals surface area (Å²) in [6.45, 7) is 0.564. The third-order valence-electron chi connectivity index (χ3n) is 3.39. The van der Waals surface area contributed by atoms with Crippen LogP contribution in [0.3, 0.4) is 0 Å². The van der Waals surface area contributed by atoms with Gasteiger partial charge in [-0.2, -0.15) is 0 Å². The number of primary amides is 1. The second kappa shape index (κ2) is 5.59. The normalized spacial score (nSPS) is 16.7. The van der Waals surface area contributed by atoms with Crippen molar-refractivity contribution in [2.24, 2.45) is 5.73 Å². The van der Waals surface area contributed by atoms with Crippen LogP contribution in [0.2, 0.25) is 0 Å². The summed E-state index contributed by atoms with van der Waals surface area (Å²) in [6.07, 6.45) is 0. The van der Waals surface area contributed by atoms with Gasteiger partial charge in [0.15, 0.2) is 0 Å². The minimum atomic E-state index is -0.457. The lowest BCUT2D eigenvalue weighted by molar-refractivity contribution is 0.0996. The van der Waals surface area contributed by atoms with Gasteiger partial charge in [-0.1, -0.05) is 30.3 Å². The van der Waals surface area contributed by atoms with E-state index in [-0.39, 0.29) is 0 Å². The van der Waals surface area contributed by atoms with Gasteiger partial charge in [0.25, 0.3) is 5.91 Å². The van der Waals surface area contributed by atoms with E-state index in [0.29, 0.717) is 23.8 Å². The van der Waals surface area contributed by atoms with E-state index in [4.69, 9.17) is 10.5 Å². The van der Waals surface area contributed by atoms with E-state index in [2.05, 4.69) is 24.3 Å². The van der Waals surface area contributed by atoms with E-state index in [1.165, 1.54) is 10.5 Å². The first-order chi connectivity index (χ1) is 9.75. The molecular formula is C16H15NO2S. The highest BCUT2D eigenvalue weighted by molar-refractivity contribution is 7.99. The number of carbonyl (C=O) groups is 1. The molecule has 0 aliphatic carbocycles. The van der Waals surface area contributed by atoms with Gasteiger partial charge in [-0.3, -0.25) is 4.79 Å². The van der Waals surface area contributed by atoms with Crippen LogP contribution in [0.25, 0.3) is 0 Å². The molecule has 0 fully saturated rings. The molecule has 0 saturated carbocycles. The zero-order chi connectivity index (χ0) is 13.9. The summed E-state index contributed by atoms with van der Waals surface area (Å²) in [5.74, 6) is 1.48. The Balaban J connectivity index is 1.74. The fourth-order valence-corrected chi connectivity index (χ4v) is 3.59. The molecule has 20 heavy (non-hydrogen) atoms. The molecule has 1 aliphatic rings. The van der Waals surface area contributed by atoms with Crippen molar-refractivity contribution in [1.29, 1.82) is 0 Å². The van der Waals surface area contributed by atoms with Gasteiger partial charge < -0.3 is 10.5 Å². The SMILES string of the molecule is NC(=O)c1ccccc1OCC1CSc2ccccc21. The summed E-state index contributed by atoms with van der Waals surface area (Å²) in [4.78, 5) is 12.7. The molecule has 3 rings (SSSR count). The number of hydrogen-bond acceptors (Lipinski definition) is 3. The van der Waals surface area contributed by atoms with E-state index >= 15 is 0 Å². The van der Waals surface area contributed by atoms with Gasteiger partial charge in [-0.05, 0) is 23.8 Å². The molecule has 1 aliphatic heterocycles. The average molecular weight is 285 g/mol. The molecule has 0 radical (unpaired) electrons. The summed E-state index contributed by atoms with van der Waals surface area (Å²) in [7, 11) is 0. The van der Waals surface area contributed by atoms with Crippen LogP contribution in [-0.4, -0.2) is 18.3 Å². The van der Waals surface area contributed by atoms with Crippen molar-refractivity contribution in [3.63, 3.8) is 0 Å². The standard InChI is InChI=1S/C16H15NO2S/c17-16(18)13-6-1-3-7-14(13)19-9-11-10-20-15-8-4-2-5-12(11)15/h1-8,11H,9-10H2,(H2,17,18). The lowest BCUT2D eigenvalue weighted by Crippen LogP contribution is -2.15. The number of amides is 1. The molecule has 1 unspecified atom stereocenters. The number of thioether (sulfide) groups is 1. The molecule has 1 amide bonds. The highest BCUT2D eigenvalue weighted by Crippen LogP contribution is 2.39. The van der Waals surface area contributed by atoms with Crippen LogP contribution < -0.4 is 10.5 Å². The van der Waals surface area contributed by atoms with Crippen LogP contribution in [0.1, 0.15) is 21.8 Å². The number of rotatable bonds is 4. The van der Waals surface area contributed by atoms with Crippen LogP contribution in [-0.2, 0) is 0 Å². The van der Waals surface area contributed by atoms with Gasteiger partial charge in [0.2, 0.25) is 0 Å². The summed E-state index contributed by atoms with van der Waals surface area (Å²) >= 11 is 1.85. The maximum absolute atomic E-state index is 11.4. The molecule has 1 heterocycles.